The minimum Gasteiger partial charge on any atom is -0.356 e. The molecule has 0 radical (unpaired) electrons. The molecule has 0 aromatic heterocycles. The van der Waals surface area contributed by atoms with Crippen LogP contribution >= 0.6 is 0 Å². The van der Waals surface area contributed by atoms with Gasteiger partial charge in [-0.25, -0.2) is 0 Å². The van der Waals surface area contributed by atoms with Crippen LogP contribution in [0.2, 0.25) is 0 Å². The van der Waals surface area contributed by atoms with Crippen LogP contribution in [-0.2, 0) is 19.2 Å². The number of halogens is 3. The molecular formula is C23H32F3N5O4. The number of carbonyl (C=O) groups excluding carboxylic acids is 4. The summed E-state index contributed by atoms with van der Waals surface area (Å²) in [5, 5.41) is 16.7. The Kier molecular flexibility index (Phi) is 6.87. The molecule has 0 aromatic carbocycles. The van der Waals surface area contributed by atoms with Crippen molar-refractivity contribution in [1.29, 1.82) is 5.26 Å². The predicted octanol–water partition coefficient (Wildman–Crippen LogP) is 1.10. The molecule has 3 N–H and O–H groups in total. The van der Waals surface area contributed by atoms with Crippen LogP contribution in [0.25, 0.3) is 0 Å². The number of hydrogen-bond acceptors (Lipinski definition) is 5. The van der Waals surface area contributed by atoms with Crippen molar-refractivity contribution in [3.63, 3.8) is 0 Å². The van der Waals surface area contributed by atoms with Crippen molar-refractivity contribution in [3.8, 4) is 6.07 Å². The number of nitrogens with one attached hydrogen (secondary N) is 3. The molecule has 2 saturated heterocycles. The van der Waals surface area contributed by atoms with E-state index < -0.39 is 53.4 Å². The molecular weight excluding hydrogens is 467 g/mol. The van der Waals surface area contributed by atoms with E-state index in [1.54, 1.807) is 5.32 Å². The van der Waals surface area contributed by atoms with Gasteiger partial charge in [0, 0.05) is 19.0 Å². The third kappa shape index (κ3) is 5.23. The second-order valence-electron chi connectivity index (χ2n) is 11.4. The molecule has 0 bridgehead atoms. The summed E-state index contributed by atoms with van der Waals surface area (Å²) in [6.45, 7) is 9.13. The summed E-state index contributed by atoms with van der Waals surface area (Å²) < 4.78 is 38.8. The van der Waals surface area contributed by atoms with Gasteiger partial charge in [-0.05, 0) is 35.5 Å². The van der Waals surface area contributed by atoms with E-state index in [9.17, 15) is 37.6 Å². The molecule has 3 aliphatic rings. The van der Waals surface area contributed by atoms with Crippen molar-refractivity contribution in [2.24, 2.45) is 28.6 Å². The fourth-order valence-electron chi connectivity index (χ4n) is 5.40. The highest BCUT2D eigenvalue weighted by Gasteiger charge is 2.70. The van der Waals surface area contributed by atoms with Gasteiger partial charge in [0.05, 0.1) is 6.07 Å². The molecule has 3 fully saturated rings. The second kappa shape index (κ2) is 8.99. The normalized spacial score (nSPS) is 28.9. The average molecular weight is 500 g/mol. The molecule has 9 nitrogen and oxygen atoms in total. The molecule has 35 heavy (non-hydrogen) atoms. The highest BCUT2D eigenvalue weighted by atomic mass is 19.4. The maximum Gasteiger partial charge on any atom is 0.471 e. The first-order valence-corrected chi connectivity index (χ1v) is 11.7. The SMILES string of the molecule is CC(C)(C)[C@@H](NC(=O)C(F)(F)F)C(=O)N1C[C@@H]2[C@H]([C@@H]1C(=O)N[C@@H](C#N)C[C@H]1CCNC1=O)C2(C)C. The number of likely N-dealkylation sites (tertiary alicyclic amines) is 1. The van der Waals surface area contributed by atoms with Gasteiger partial charge in [-0.15, -0.1) is 0 Å². The number of piperidine rings is 1. The summed E-state index contributed by atoms with van der Waals surface area (Å²) in [5.41, 5.74) is -1.33. The molecule has 0 spiro atoms. The first-order chi connectivity index (χ1) is 16.0. The summed E-state index contributed by atoms with van der Waals surface area (Å²) in [6.07, 6.45) is -4.49. The van der Waals surface area contributed by atoms with E-state index in [1.807, 2.05) is 19.9 Å². The van der Waals surface area contributed by atoms with Crippen LogP contribution in [0, 0.1) is 39.9 Å². The summed E-state index contributed by atoms with van der Waals surface area (Å²) >= 11 is 0. The summed E-state index contributed by atoms with van der Waals surface area (Å²) in [6, 6.07) is -1.48. The van der Waals surface area contributed by atoms with E-state index in [0.717, 1.165) is 0 Å². The van der Waals surface area contributed by atoms with Crippen molar-refractivity contribution < 1.29 is 32.3 Å². The molecule has 1 saturated carbocycles. The Bertz CT molecular complexity index is 952. The van der Waals surface area contributed by atoms with Gasteiger partial charge in [-0.1, -0.05) is 34.6 Å². The summed E-state index contributed by atoms with van der Waals surface area (Å²) in [7, 11) is 0. The van der Waals surface area contributed by atoms with Crippen molar-refractivity contribution in [2.45, 2.75) is 71.8 Å². The Hall–Kier alpha value is -2.84. The van der Waals surface area contributed by atoms with Gasteiger partial charge in [0.25, 0.3) is 0 Å². The second-order valence-corrected chi connectivity index (χ2v) is 11.4. The molecule has 3 rings (SSSR count). The monoisotopic (exact) mass is 499 g/mol. The van der Waals surface area contributed by atoms with Crippen LogP contribution in [0.1, 0.15) is 47.5 Å². The summed E-state index contributed by atoms with van der Waals surface area (Å²) in [5.74, 6) is -4.46. The zero-order chi connectivity index (χ0) is 26.5. The Morgan fingerprint density at radius 1 is 1.23 bits per heavy atom. The lowest BCUT2D eigenvalue weighted by molar-refractivity contribution is -0.176. The third-order valence-corrected chi connectivity index (χ3v) is 7.56. The molecule has 0 unspecified atom stereocenters. The van der Waals surface area contributed by atoms with Crippen LogP contribution in [0.5, 0.6) is 0 Å². The number of carbonyl (C=O) groups is 4. The van der Waals surface area contributed by atoms with E-state index in [1.165, 1.54) is 25.7 Å². The van der Waals surface area contributed by atoms with Crippen LogP contribution < -0.4 is 16.0 Å². The van der Waals surface area contributed by atoms with Gasteiger partial charge in [-0.2, -0.15) is 18.4 Å². The topological polar surface area (TPSA) is 131 Å². The van der Waals surface area contributed by atoms with Gasteiger partial charge >= 0.3 is 12.1 Å². The lowest BCUT2D eigenvalue weighted by Gasteiger charge is -2.37. The first-order valence-electron chi connectivity index (χ1n) is 11.7. The van der Waals surface area contributed by atoms with E-state index in [2.05, 4.69) is 10.6 Å². The fraction of sp³-hybridized carbons (Fsp3) is 0.783. The molecule has 194 valence electrons. The molecule has 6 atom stereocenters. The standard InChI is InChI=1S/C23H32F3N5O4/c1-21(2,3)16(30-20(35)23(24,25)26)19(34)31-10-13-14(22(13,4)5)15(31)18(33)29-12(9-27)8-11-6-7-28-17(11)32/h11-16H,6-8,10H2,1-5H3,(H,28,32)(H,29,33)(H,30,35)/t11-,12-,13-,14-,15-,16+/m1/s1. The molecule has 2 heterocycles. The summed E-state index contributed by atoms with van der Waals surface area (Å²) in [4.78, 5) is 51.6. The van der Waals surface area contributed by atoms with Gasteiger partial charge < -0.3 is 20.9 Å². The molecule has 1 aliphatic carbocycles. The number of amides is 4. The molecule has 0 aromatic rings. The quantitative estimate of drug-likeness (QED) is 0.504. The van der Waals surface area contributed by atoms with Crippen LogP contribution in [-0.4, -0.2) is 65.9 Å². The maximum absolute atomic E-state index is 13.5. The number of nitrogens with zero attached hydrogens (tertiary/aromatic N) is 2. The minimum atomic E-state index is -5.16. The molecule has 12 heteroatoms. The fourth-order valence-corrected chi connectivity index (χ4v) is 5.40. The maximum atomic E-state index is 13.5. The largest absolute Gasteiger partial charge is 0.471 e. The highest BCUT2D eigenvalue weighted by molar-refractivity contribution is 5.95. The van der Waals surface area contributed by atoms with Gasteiger partial charge in [0.2, 0.25) is 17.7 Å². The van der Waals surface area contributed by atoms with Gasteiger partial charge in [0.1, 0.15) is 18.1 Å². The van der Waals surface area contributed by atoms with E-state index in [4.69, 9.17) is 0 Å². The minimum absolute atomic E-state index is 0.0396. The predicted molar refractivity (Wildman–Crippen MR) is 117 cm³/mol. The Morgan fingerprint density at radius 2 is 1.86 bits per heavy atom. The Morgan fingerprint density at radius 3 is 2.34 bits per heavy atom. The van der Waals surface area contributed by atoms with Gasteiger partial charge in [-0.3, -0.25) is 19.2 Å². The highest BCUT2D eigenvalue weighted by Crippen LogP contribution is 2.65. The zero-order valence-corrected chi connectivity index (χ0v) is 20.5. The molecule has 2 aliphatic heterocycles. The van der Waals surface area contributed by atoms with E-state index >= 15 is 0 Å². The number of fused-ring (bicyclic) bond motifs is 1. The van der Waals surface area contributed by atoms with Crippen molar-refractivity contribution in [3.05, 3.63) is 0 Å². The first kappa shape index (κ1) is 26.8. The van der Waals surface area contributed by atoms with Crippen LogP contribution in [0.15, 0.2) is 0 Å². The van der Waals surface area contributed by atoms with Crippen molar-refractivity contribution >= 4 is 23.6 Å². The Labute approximate surface area is 202 Å². The van der Waals surface area contributed by atoms with Crippen LogP contribution in [0.4, 0.5) is 13.2 Å². The lowest BCUT2D eigenvalue weighted by atomic mass is 9.85. The van der Waals surface area contributed by atoms with Crippen molar-refractivity contribution in [1.82, 2.24) is 20.9 Å². The number of rotatable bonds is 6. The van der Waals surface area contributed by atoms with Crippen LogP contribution in [0.3, 0.4) is 0 Å². The third-order valence-electron chi connectivity index (χ3n) is 7.56. The zero-order valence-electron chi connectivity index (χ0n) is 20.5. The van der Waals surface area contributed by atoms with Gasteiger partial charge in [0.15, 0.2) is 0 Å². The Balaban J connectivity index is 1.81. The number of hydrogen-bond donors (Lipinski definition) is 3. The van der Waals surface area contributed by atoms with E-state index in [0.29, 0.717) is 13.0 Å². The average Bonchev–Trinajstić information content (AvgIpc) is 3.10. The number of alkyl halides is 3. The van der Waals surface area contributed by atoms with E-state index in [-0.39, 0.29) is 36.1 Å². The smallest absolute Gasteiger partial charge is 0.356 e. The van der Waals surface area contributed by atoms with Crippen molar-refractivity contribution in [2.75, 3.05) is 13.1 Å². The number of nitriles is 1. The molecule has 4 amide bonds. The lowest BCUT2D eigenvalue weighted by Crippen LogP contribution is -2.61.